The zero-order chi connectivity index (χ0) is 14.3. The van der Waals surface area contributed by atoms with Gasteiger partial charge < -0.3 is 10.1 Å². The highest BCUT2D eigenvalue weighted by molar-refractivity contribution is 4.91. The molecule has 0 fully saturated rings. The van der Waals surface area contributed by atoms with Crippen LogP contribution in [0.3, 0.4) is 0 Å². The zero-order valence-electron chi connectivity index (χ0n) is 12.9. The molecule has 0 aliphatic rings. The minimum Gasteiger partial charge on any atom is -0.383 e. The summed E-state index contributed by atoms with van der Waals surface area (Å²) < 4.78 is 7.04. The van der Waals surface area contributed by atoms with E-state index in [0.29, 0.717) is 5.92 Å². The fraction of sp³-hybridized carbons (Fsp3) is 0.857. The molecule has 19 heavy (non-hydrogen) atoms. The zero-order valence-corrected chi connectivity index (χ0v) is 12.9. The average molecular weight is 268 g/mol. The molecule has 0 aliphatic carbocycles. The molecule has 1 rings (SSSR count). The summed E-state index contributed by atoms with van der Waals surface area (Å²) in [6.07, 6.45) is 2.61. The molecule has 0 aliphatic heterocycles. The lowest BCUT2D eigenvalue weighted by Crippen LogP contribution is -2.35. The third-order valence-corrected chi connectivity index (χ3v) is 3.52. The second-order valence-electron chi connectivity index (χ2n) is 5.96. The smallest absolute Gasteiger partial charge is 0.138 e. The molecule has 110 valence electrons. The molecule has 1 N–H and O–H groups in total. The normalized spacial score (nSPS) is 13.7. The Balaban J connectivity index is 2.60. The van der Waals surface area contributed by atoms with Crippen LogP contribution in [-0.2, 0) is 17.7 Å². The molecule has 0 saturated carbocycles. The first-order valence-electron chi connectivity index (χ1n) is 7.05. The number of methoxy groups -OCH3 is 1. The predicted molar refractivity (Wildman–Crippen MR) is 77.1 cm³/mol. The van der Waals surface area contributed by atoms with Gasteiger partial charge >= 0.3 is 0 Å². The Labute approximate surface area is 116 Å². The maximum Gasteiger partial charge on any atom is 0.138 e. The van der Waals surface area contributed by atoms with Crippen molar-refractivity contribution in [1.82, 2.24) is 20.1 Å². The van der Waals surface area contributed by atoms with Gasteiger partial charge in [-0.05, 0) is 24.8 Å². The van der Waals surface area contributed by atoms with Gasteiger partial charge in [0, 0.05) is 26.6 Å². The number of nitrogens with one attached hydrogen (secondary N) is 1. The Morgan fingerprint density at radius 1 is 1.42 bits per heavy atom. The average Bonchev–Trinajstić information content (AvgIpc) is 2.79. The van der Waals surface area contributed by atoms with Crippen LogP contribution >= 0.6 is 0 Å². The van der Waals surface area contributed by atoms with E-state index in [2.05, 4.69) is 43.1 Å². The summed E-state index contributed by atoms with van der Waals surface area (Å²) >= 11 is 0. The van der Waals surface area contributed by atoms with Crippen molar-refractivity contribution in [3.05, 3.63) is 12.2 Å². The minimum atomic E-state index is 0.241. The Morgan fingerprint density at radius 3 is 2.74 bits per heavy atom. The molecule has 0 amide bonds. The third kappa shape index (κ3) is 5.28. The van der Waals surface area contributed by atoms with Crippen molar-refractivity contribution in [2.45, 2.75) is 40.7 Å². The van der Waals surface area contributed by atoms with Gasteiger partial charge in [0.15, 0.2) is 0 Å². The molecule has 1 aromatic rings. The molecule has 5 heteroatoms. The lowest BCUT2D eigenvalue weighted by atomic mass is 9.78. The Bertz CT molecular complexity index is 357. The van der Waals surface area contributed by atoms with Crippen LogP contribution in [0, 0.1) is 11.3 Å². The molecule has 0 aromatic carbocycles. The lowest BCUT2D eigenvalue weighted by molar-refractivity contribution is 0.185. The molecule has 1 unspecified atom stereocenters. The number of nitrogens with zero attached hydrogens (tertiary/aromatic N) is 3. The van der Waals surface area contributed by atoms with Crippen LogP contribution in [0.1, 0.15) is 33.5 Å². The SMILES string of the molecule is CCn1ncnc1CC(CNCCOC)C(C)(C)C. The quantitative estimate of drug-likeness (QED) is 0.730. The van der Waals surface area contributed by atoms with Crippen LogP contribution < -0.4 is 5.32 Å². The van der Waals surface area contributed by atoms with Crippen molar-refractivity contribution in [3.8, 4) is 0 Å². The highest BCUT2D eigenvalue weighted by Gasteiger charge is 2.26. The lowest BCUT2D eigenvalue weighted by Gasteiger charge is -2.30. The van der Waals surface area contributed by atoms with Gasteiger partial charge in [0.2, 0.25) is 0 Å². The summed E-state index contributed by atoms with van der Waals surface area (Å²) in [5.41, 5.74) is 0.241. The van der Waals surface area contributed by atoms with Gasteiger partial charge in [-0.1, -0.05) is 20.8 Å². The highest BCUT2D eigenvalue weighted by atomic mass is 16.5. The molecule has 0 saturated heterocycles. The van der Waals surface area contributed by atoms with E-state index < -0.39 is 0 Å². The Hall–Kier alpha value is -0.940. The minimum absolute atomic E-state index is 0.241. The van der Waals surface area contributed by atoms with Crippen LogP contribution in [0.4, 0.5) is 0 Å². The predicted octanol–water partition coefficient (Wildman–Crippen LogP) is 1.74. The molecule has 1 aromatic heterocycles. The highest BCUT2D eigenvalue weighted by Crippen LogP contribution is 2.28. The number of ether oxygens (including phenoxy) is 1. The van der Waals surface area contributed by atoms with Crippen LogP contribution in [0.2, 0.25) is 0 Å². The van der Waals surface area contributed by atoms with Gasteiger partial charge in [0.25, 0.3) is 0 Å². The second kappa shape index (κ2) is 7.60. The number of aromatic nitrogens is 3. The van der Waals surface area contributed by atoms with E-state index in [0.717, 1.165) is 38.5 Å². The van der Waals surface area contributed by atoms with Crippen molar-refractivity contribution in [2.24, 2.45) is 11.3 Å². The summed E-state index contributed by atoms with van der Waals surface area (Å²) in [4.78, 5) is 4.38. The van der Waals surface area contributed by atoms with Crippen LogP contribution in [0.15, 0.2) is 6.33 Å². The van der Waals surface area contributed by atoms with E-state index in [1.165, 1.54) is 0 Å². The molecular formula is C14H28N4O. The molecule has 0 bridgehead atoms. The van der Waals surface area contributed by atoms with Crippen molar-refractivity contribution in [2.75, 3.05) is 26.8 Å². The van der Waals surface area contributed by atoms with Crippen LogP contribution in [0.25, 0.3) is 0 Å². The summed E-state index contributed by atoms with van der Waals surface area (Å²) in [6, 6.07) is 0. The number of hydrogen-bond acceptors (Lipinski definition) is 4. The fourth-order valence-electron chi connectivity index (χ4n) is 2.07. The fourth-order valence-corrected chi connectivity index (χ4v) is 2.07. The topological polar surface area (TPSA) is 52.0 Å². The van der Waals surface area contributed by atoms with Crippen LogP contribution in [0.5, 0.6) is 0 Å². The maximum absolute atomic E-state index is 5.06. The first-order valence-corrected chi connectivity index (χ1v) is 7.05. The van der Waals surface area contributed by atoms with Crippen molar-refractivity contribution >= 4 is 0 Å². The number of rotatable bonds is 8. The maximum atomic E-state index is 5.06. The standard InChI is InChI=1S/C14H28N4O/c1-6-18-13(16-11-17-18)9-12(14(2,3)4)10-15-7-8-19-5/h11-12,15H,6-10H2,1-5H3. The second-order valence-corrected chi connectivity index (χ2v) is 5.96. The van der Waals surface area contributed by atoms with E-state index in [-0.39, 0.29) is 5.41 Å². The van der Waals surface area contributed by atoms with Crippen molar-refractivity contribution < 1.29 is 4.74 Å². The van der Waals surface area contributed by atoms with E-state index in [4.69, 9.17) is 4.74 Å². The first-order chi connectivity index (χ1) is 8.99. The van der Waals surface area contributed by atoms with Gasteiger partial charge in [-0.2, -0.15) is 5.10 Å². The van der Waals surface area contributed by atoms with E-state index in [1.807, 2.05) is 4.68 Å². The summed E-state index contributed by atoms with van der Waals surface area (Å²) in [7, 11) is 1.73. The van der Waals surface area contributed by atoms with Crippen molar-refractivity contribution in [3.63, 3.8) is 0 Å². The first kappa shape index (κ1) is 16.1. The summed E-state index contributed by atoms with van der Waals surface area (Å²) in [5.74, 6) is 1.61. The largest absolute Gasteiger partial charge is 0.383 e. The van der Waals surface area contributed by atoms with Gasteiger partial charge in [-0.15, -0.1) is 0 Å². The van der Waals surface area contributed by atoms with Gasteiger partial charge in [-0.25, -0.2) is 4.98 Å². The third-order valence-electron chi connectivity index (χ3n) is 3.52. The number of hydrogen-bond donors (Lipinski definition) is 1. The molecule has 1 heterocycles. The van der Waals surface area contributed by atoms with E-state index in [9.17, 15) is 0 Å². The van der Waals surface area contributed by atoms with Gasteiger partial charge in [-0.3, -0.25) is 4.68 Å². The van der Waals surface area contributed by atoms with Gasteiger partial charge in [0.1, 0.15) is 12.2 Å². The Morgan fingerprint density at radius 2 is 2.16 bits per heavy atom. The molecule has 5 nitrogen and oxygen atoms in total. The van der Waals surface area contributed by atoms with Gasteiger partial charge in [0.05, 0.1) is 6.61 Å². The van der Waals surface area contributed by atoms with E-state index >= 15 is 0 Å². The molecule has 0 spiro atoms. The number of aryl methyl sites for hydroxylation is 1. The molecule has 1 atom stereocenters. The molecular weight excluding hydrogens is 240 g/mol. The molecule has 0 radical (unpaired) electrons. The monoisotopic (exact) mass is 268 g/mol. The summed E-state index contributed by atoms with van der Waals surface area (Å²) in [6.45, 7) is 12.4. The van der Waals surface area contributed by atoms with Crippen LogP contribution in [-0.4, -0.2) is 41.6 Å². The summed E-state index contributed by atoms with van der Waals surface area (Å²) in [5, 5.41) is 7.71. The Kier molecular flexibility index (Phi) is 6.45. The van der Waals surface area contributed by atoms with E-state index in [1.54, 1.807) is 13.4 Å². The van der Waals surface area contributed by atoms with Crippen molar-refractivity contribution in [1.29, 1.82) is 0 Å².